The summed E-state index contributed by atoms with van der Waals surface area (Å²) in [7, 11) is 3.35. The van der Waals surface area contributed by atoms with Crippen molar-refractivity contribution in [3.05, 3.63) is 23.3 Å². The van der Waals surface area contributed by atoms with E-state index in [1.54, 1.807) is 6.07 Å². The number of carbonyl (C=O) groups is 1. The summed E-state index contributed by atoms with van der Waals surface area (Å²) in [6.45, 7) is 3.54. The number of aryl methyl sites for hydroxylation is 1. The average molecular weight is 278 g/mol. The maximum absolute atomic E-state index is 11.8. The summed E-state index contributed by atoms with van der Waals surface area (Å²) in [4.78, 5) is 13.9. The van der Waals surface area contributed by atoms with Gasteiger partial charge in [-0.25, -0.2) is 4.79 Å². The first kappa shape index (κ1) is 14.7. The molecule has 5 nitrogen and oxygen atoms in total. The van der Waals surface area contributed by atoms with E-state index < -0.39 is 5.97 Å². The van der Waals surface area contributed by atoms with E-state index in [4.69, 9.17) is 15.2 Å². The van der Waals surface area contributed by atoms with E-state index in [-0.39, 0.29) is 6.10 Å². The number of hydrogen-bond donors (Lipinski definition) is 1. The SMILES string of the molecule is COC(=O)c1cc(N(C)CC2CCCO2)cc(C)c1N. The molecule has 0 saturated carbocycles. The molecule has 20 heavy (non-hydrogen) atoms. The molecule has 0 aliphatic carbocycles. The van der Waals surface area contributed by atoms with E-state index in [0.717, 1.165) is 37.2 Å². The molecule has 1 aliphatic rings. The molecule has 2 N–H and O–H groups in total. The Labute approximate surface area is 119 Å². The lowest BCUT2D eigenvalue weighted by atomic mass is 10.1. The van der Waals surface area contributed by atoms with Crippen LogP contribution in [0.2, 0.25) is 0 Å². The quantitative estimate of drug-likeness (QED) is 0.674. The van der Waals surface area contributed by atoms with Gasteiger partial charge >= 0.3 is 5.97 Å². The maximum atomic E-state index is 11.8. The molecular weight excluding hydrogens is 256 g/mol. The zero-order valence-corrected chi connectivity index (χ0v) is 12.3. The zero-order valence-electron chi connectivity index (χ0n) is 12.3. The van der Waals surface area contributed by atoms with Gasteiger partial charge in [0.05, 0.1) is 18.8 Å². The lowest BCUT2D eigenvalue weighted by Crippen LogP contribution is -2.28. The van der Waals surface area contributed by atoms with Crippen LogP contribution in [-0.4, -0.2) is 39.4 Å². The number of methoxy groups -OCH3 is 1. The predicted octanol–water partition coefficient (Wildman–Crippen LogP) is 1.98. The summed E-state index contributed by atoms with van der Waals surface area (Å²) in [5.74, 6) is -0.405. The third-order valence-corrected chi connectivity index (χ3v) is 3.72. The lowest BCUT2D eigenvalue weighted by Gasteiger charge is -2.24. The highest BCUT2D eigenvalue weighted by atomic mass is 16.5. The normalized spacial score (nSPS) is 18.1. The van der Waals surface area contributed by atoms with Gasteiger partial charge in [-0.3, -0.25) is 0 Å². The number of benzene rings is 1. The smallest absolute Gasteiger partial charge is 0.340 e. The fraction of sp³-hybridized carbons (Fsp3) is 0.533. The van der Waals surface area contributed by atoms with Crippen molar-refractivity contribution in [1.82, 2.24) is 0 Å². The molecule has 1 heterocycles. The van der Waals surface area contributed by atoms with Gasteiger partial charge in [0.1, 0.15) is 0 Å². The van der Waals surface area contributed by atoms with Crippen LogP contribution in [0.5, 0.6) is 0 Å². The molecule has 1 fully saturated rings. The van der Waals surface area contributed by atoms with Crippen molar-refractivity contribution in [3.63, 3.8) is 0 Å². The number of anilines is 2. The minimum Gasteiger partial charge on any atom is -0.465 e. The van der Waals surface area contributed by atoms with Crippen LogP contribution in [0.25, 0.3) is 0 Å². The molecule has 1 saturated heterocycles. The van der Waals surface area contributed by atoms with E-state index >= 15 is 0 Å². The van der Waals surface area contributed by atoms with Crippen LogP contribution in [-0.2, 0) is 9.47 Å². The number of esters is 1. The Hall–Kier alpha value is -1.75. The molecular formula is C15H22N2O3. The third kappa shape index (κ3) is 3.04. The van der Waals surface area contributed by atoms with Crippen molar-refractivity contribution in [3.8, 4) is 0 Å². The summed E-state index contributed by atoms with van der Waals surface area (Å²) in [5.41, 5.74) is 8.67. The molecule has 1 aromatic rings. The molecule has 0 bridgehead atoms. The molecule has 0 spiro atoms. The Bertz CT molecular complexity index is 496. The number of hydrogen-bond acceptors (Lipinski definition) is 5. The Morgan fingerprint density at radius 3 is 2.90 bits per heavy atom. The van der Waals surface area contributed by atoms with Gasteiger partial charge in [-0.1, -0.05) is 0 Å². The Morgan fingerprint density at radius 1 is 1.55 bits per heavy atom. The molecule has 110 valence electrons. The second-order valence-corrected chi connectivity index (χ2v) is 5.23. The molecule has 1 aliphatic heterocycles. The van der Waals surface area contributed by atoms with Crippen LogP contribution >= 0.6 is 0 Å². The first-order valence-corrected chi connectivity index (χ1v) is 6.84. The highest BCUT2D eigenvalue weighted by Crippen LogP contribution is 2.26. The van der Waals surface area contributed by atoms with E-state index in [1.165, 1.54) is 7.11 Å². The van der Waals surface area contributed by atoms with Crippen LogP contribution in [0, 0.1) is 6.92 Å². The molecule has 2 rings (SSSR count). The lowest BCUT2D eigenvalue weighted by molar-refractivity contribution is 0.0602. The van der Waals surface area contributed by atoms with Crippen LogP contribution in [0.3, 0.4) is 0 Å². The van der Waals surface area contributed by atoms with Gasteiger partial charge in [0.2, 0.25) is 0 Å². The number of likely N-dealkylation sites (N-methyl/N-ethyl adjacent to an activating group) is 1. The van der Waals surface area contributed by atoms with Crippen molar-refractivity contribution in [1.29, 1.82) is 0 Å². The fourth-order valence-corrected chi connectivity index (χ4v) is 2.48. The van der Waals surface area contributed by atoms with E-state index in [1.807, 2.05) is 20.0 Å². The molecule has 0 aromatic heterocycles. The molecule has 5 heteroatoms. The molecule has 1 atom stereocenters. The van der Waals surface area contributed by atoms with Crippen LogP contribution in [0.15, 0.2) is 12.1 Å². The minimum atomic E-state index is -0.405. The Morgan fingerprint density at radius 2 is 2.30 bits per heavy atom. The van der Waals surface area contributed by atoms with Crippen molar-refractivity contribution in [2.24, 2.45) is 0 Å². The summed E-state index contributed by atoms with van der Waals surface area (Å²) in [5, 5.41) is 0. The molecule has 1 unspecified atom stereocenters. The summed E-state index contributed by atoms with van der Waals surface area (Å²) in [6.07, 6.45) is 2.47. The van der Waals surface area contributed by atoms with Gasteiger partial charge in [0.25, 0.3) is 0 Å². The number of rotatable bonds is 4. The highest BCUT2D eigenvalue weighted by molar-refractivity contribution is 5.97. The largest absolute Gasteiger partial charge is 0.465 e. The van der Waals surface area contributed by atoms with Gasteiger partial charge in [-0.05, 0) is 37.5 Å². The van der Waals surface area contributed by atoms with Gasteiger partial charge in [-0.2, -0.15) is 0 Å². The maximum Gasteiger partial charge on any atom is 0.340 e. The number of nitrogens with zero attached hydrogens (tertiary/aromatic N) is 1. The number of nitrogens with two attached hydrogens (primary N) is 1. The van der Waals surface area contributed by atoms with Gasteiger partial charge < -0.3 is 20.1 Å². The van der Waals surface area contributed by atoms with Crippen LogP contribution in [0.4, 0.5) is 11.4 Å². The predicted molar refractivity (Wildman–Crippen MR) is 79.2 cm³/mol. The zero-order chi connectivity index (χ0) is 14.7. The topological polar surface area (TPSA) is 64.8 Å². The van der Waals surface area contributed by atoms with Crippen molar-refractivity contribution < 1.29 is 14.3 Å². The first-order valence-electron chi connectivity index (χ1n) is 6.84. The van der Waals surface area contributed by atoms with Gasteiger partial charge in [0, 0.05) is 31.6 Å². The van der Waals surface area contributed by atoms with E-state index in [0.29, 0.717) is 11.3 Å². The monoisotopic (exact) mass is 278 g/mol. The third-order valence-electron chi connectivity index (χ3n) is 3.72. The molecule has 0 radical (unpaired) electrons. The molecule has 1 aromatic carbocycles. The standard InChI is InChI=1S/C15H22N2O3/c1-10-7-11(8-13(14(10)16)15(18)19-3)17(2)9-12-5-4-6-20-12/h7-8,12H,4-6,9,16H2,1-3H3. The van der Waals surface area contributed by atoms with Gasteiger partial charge in [-0.15, -0.1) is 0 Å². The van der Waals surface area contributed by atoms with Crippen molar-refractivity contribution >= 4 is 17.3 Å². The fourth-order valence-electron chi connectivity index (χ4n) is 2.48. The van der Waals surface area contributed by atoms with E-state index in [2.05, 4.69) is 4.90 Å². The van der Waals surface area contributed by atoms with E-state index in [9.17, 15) is 4.79 Å². The number of ether oxygens (including phenoxy) is 2. The van der Waals surface area contributed by atoms with Crippen LogP contribution < -0.4 is 10.6 Å². The van der Waals surface area contributed by atoms with Crippen molar-refractivity contribution in [2.45, 2.75) is 25.9 Å². The number of nitrogen functional groups attached to an aromatic ring is 1. The summed E-state index contributed by atoms with van der Waals surface area (Å²) in [6, 6.07) is 3.76. The average Bonchev–Trinajstić information content (AvgIpc) is 2.93. The summed E-state index contributed by atoms with van der Waals surface area (Å²) < 4.78 is 10.4. The Kier molecular flexibility index (Phi) is 4.49. The van der Waals surface area contributed by atoms with Crippen molar-refractivity contribution in [2.75, 3.05) is 37.9 Å². The van der Waals surface area contributed by atoms with Gasteiger partial charge in [0.15, 0.2) is 0 Å². The number of carbonyl (C=O) groups excluding carboxylic acids is 1. The first-order chi connectivity index (χ1) is 9.52. The Balaban J connectivity index is 2.22. The minimum absolute atomic E-state index is 0.263. The second kappa shape index (κ2) is 6.13. The summed E-state index contributed by atoms with van der Waals surface area (Å²) >= 11 is 0. The highest BCUT2D eigenvalue weighted by Gasteiger charge is 2.20. The molecule has 0 amide bonds. The van der Waals surface area contributed by atoms with Crippen LogP contribution in [0.1, 0.15) is 28.8 Å². The second-order valence-electron chi connectivity index (χ2n) is 5.23.